The van der Waals surface area contributed by atoms with Crippen LogP contribution in [-0.4, -0.2) is 18.1 Å². The van der Waals surface area contributed by atoms with Crippen LogP contribution in [-0.2, 0) is 16.1 Å². The molecule has 0 radical (unpaired) electrons. The standard InChI is InChI=1S/C19H29NO2/c1-15(2)20-18(17-11-7-4-8-12-17)13-19(21)22-14-16-9-5-3-6-10-16/h3,5-6,9-10,15,17-18,20H,4,7-8,11-14H2,1-2H3. The summed E-state index contributed by atoms with van der Waals surface area (Å²) in [7, 11) is 0. The van der Waals surface area contributed by atoms with Crippen LogP contribution in [0.25, 0.3) is 0 Å². The monoisotopic (exact) mass is 303 g/mol. The van der Waals surface area contributed by atoms with Gasteiger partial charge in [-0.05, 0) is 24.3 Å². The molecule has 1 aromatic carbocycles. The fourth-order valence-electron chi connectivity index (χ4n) is 3.30. The van der Waals surface area contributed by atoms with Gasteiger partial charge in [0.05, 0.1) is 6.42 Å². The van der Waals surface area contributed by atoms with Crippen molar-refractivity contribution in [2.24, 2.45) is 5.92 Å². The van der Waals surface area contributed by atoms with Crippen molar-refractivity contribution in [2.45, 2.75) is 71.1 Å². The van der Waals surface area contributed by atoms with Crippen molar-refractivity contribution >= 4 is 5.97 Å². The molecular weight excluding hydrogens is 274 g/mol. The summed E-state index contributed by atoms with van der Waals surface area (Å²) in [5, 5.41) is 3.58. The van der Waals surface area contributed by atoms with E-state index in [-0.39, 0.29) is 12.0 Å². The third kappa shape index (κ3) is 5.80. The van der Waals surface area contributed by atoms with E-state index in [0.29, 0.717) is 25.0 Å². The van der Waals surface area contributed by atoms with Crippen molar-refractivity contribution in [3.8, 4) is 0 Å². The fraction of sp³-hybridized carbons (Fsp3) is 0.632. The molecule has 0 aliphatic heterocycles. The first kappa shape index (κ1) is 17.0. The largest absolute Gasteiger partial charge is 0.461 e. The summed E-state index contributed by atoms with van der Waals surface area (Å²) < 4.78 is 5.45. The van der Waals surface area contributed by atoms with Gasteiger partial charge < -0.3 is 10.1 Å². The fourth-order valence-corrected chi connectivity index (χ4v) is 3.30. The number of ether oxygens (including phenoxy) is 1. The highest BCUT2D eigenvalue weighted by molar-refractivity contribution is 5.70. The molecule has 0 heterocycles. The minimum Gasteiger partial charge on any atom is -0.461 e. The Morgan fingerprint density at radius 2 is 1.86 bits per heavy atom. The van der Waals surface area contributed by atoms with Crippen molar-refractivity contribution in [1.82, 2.24) is 5.32 Å². The van der Waals surface area contributed by atoms with E-state index in [1.54, 1.807) is 0 Å². The predicted octanol–water partition coefficient (Wildman–Crippen LogP) is 4.07. The van der Waals surface area contributed by atoms with Gasteiger partial charge >= 0.3 is 5.97 Å². The molecule has 22 heavy (non-hydrogen) atoms. The highest BCUT2D eigenvalue weighted by Gasteiger charge is 2.26. The van der Waals surface area contributed by atoms with E-state index in [4.69, 9.17) is 4.74 Å². The van der Waals surface area contributed by atoms with Crippen molar-refractivity contribution in [1.29, 1.82) is 0 Å². The maximum Gasteiger partial charge on any atom is 0.307 e. The molecule has 1 fully saturated rings. The predicted molar refractivity (Wildman–Crippen MR) is 89.5 cm³/mol. The molecule has 0 saturated heterocycles. The van der Waals surface area contributed by atoms with Gasteiger partial charge in [0.1, 0.15) is 6.61 Å². The van der Waals surface area contributed by atoms with Gasteiger partial charge in [0.25, 0.3) is 0 Å². The van der Waals surface area contributed by atoms with E-state index < -0.39 is 0 Å². The molecular formula is C19H29NO2. The zero-order valence-electron chi connectivity index (χ0n) is 13.9. The lowest BCUT2D eigenvalue weighted by Gasteiger charge is -2.32. The van der Waals surface area contributed by atoms with Gasteiger partial charge in [0, 0.05) is 12.1 Å². The van der Waals surface area contributed by atoms with Crippen molar-refractivity contribution in [3.05, 3.63) is 35.9 Å². The minimum absolute atomic E-state index is 0.0902. The Balaban J connectivity index is 1.84. The molecule has 1 unspecified atom stereocenters. The summed E-state index contributed by atoms with van der Waals surface area (Å²) in [4.78, 5) is 12.2. The Hall–Kier alpha value is -1.35. The van der Waals surface area contributed by atoms with Gasteiger partial charge in [0.15, 0.2) is 0 Å². The van der Waals surface area contributed by atoms with Crippen LogP contribution < -0.4 is 5.32 Å². The maximum absolute atomic E-state index is 12.2. The van der Waals surface area contributed by atoms with Crippen LogP contribution in [0.1, 0.15) is 57.9 Å². The summed E-state index contributed by atoms with van der Waals surface area (Å²) in [6.45, 7) is 4.66. The molecule has 122 valence electrons. The molecule has 1 saturated carbocycles. The molecule has 1 aliphatic rings. The number of nitrogens with one attached hydrogen (secondary N) is 1. The molecule has 0 spiro atoms. The van der Waals surface area contributed by atoms with E-state index in [1.807, 2.05) is 30.3 Å². The molecule has 2 rings (SSSR count). The zero-order valence-corrected chi connectivity index (χ0v) is 13.9. The van der Waals surface area contributed by atoms with E-state index in [1.165, 1.54) is 32.1 Å². The quantitative estimate of drug-likeness (QED) is 0.772. The molecule has 1 atom stereocenters. The highest BCUT2D eigenvalue weighted by Crippen LogP contribution is 2.28. The van der Waals surface area contributed by atoms with E-state index >= 15 is 0 Å². The number of carbonyl (C=O) groups excluding carboxylic acids is 1. The van der Waals surface area contributed by atoms with Crippen molar-refractivity contribution in [3.63, 3.8) is 0 Å². The second-order valence-corrected chi connectivity index (χ2v) is 6.68. The Morgan fingerprint density at radius 3 is 2.50 bits per heavy atom. The lowest BCUT2D eigenvalue weighted by Crippen LogP contribution is -2.42. The number of hydrogen-bond donors (Lipinski definition) is 1. The summed E-state index contributed by atoms with van der Waals surface area (Å²) in [6.07, 6.45) is 6.87. The molecule has 3 nitrogen and oxygen atoms in total. The van der Waals surface area contributed by atoms with Crippen molar-refractivity contribution < 1.29 is 9.53 Å². The van der Waals surface area contributed by atoms with Crippen LogP contribution in [0.3, 0.4) is 0 Å². The van der Waals surface area contributed by atoms with Crippen LogP contribution in [0.2, 0.25) is 0 Å². The third-order valence-electron chi connectivity index (χ3n) is 4.40. The zero-order chi connectivity index (χ0) is 15.8. The van der Waals surface area contributed by atoms with Gasteiger partial charge in [-0.3, -0.25) is 4.79 Å². The van der Waals surface area contributed by atoms with Gasteiger partial charge in [-0.2, -0.15) is 0 Å². The number of benzene rings is 1. The Labute approximate surface area is 134 Å². The summed E-state index contributed by atoms with van der Waals surface area (Å²) >= 11 is 0. The SMILES string of the molecule is CC(C)NC(CC(=O)OCc1ccccc1)C1CCCCC1. The van der Waals surface area contributed by atoms with Crippen LogP contribution in [0.5, 0.6) is 0 Å². The average Bonchev–Trinajstić information content (AvgIpc) is 2.54. The van der Waals surface area contributed by atoms with E-state index in [9.17, 15) is 4.79 Å². The Kier molecular flexibility index (Phi) is 6.91. The summed E-state index contributed by atoms with van der Waals surface area (Å²) in [6, 6.07) is 10.5. The third-order valence-corrected chi connectivity index (χ3v) is 4.40. The van der Waals surface area contributed by atoms with E-state index in [0.717, 1.165) is 5.56 Å². The molecule has 0 bridgehead atoms. The topological polar surface area (TPSA) is 38.3 Å². The van der Waals surface area contributed by atoms with Gasteiger partial charge in [-0.15, -0.1) is 0 Å². The Morgan fingerprint density at radius 1 is 1.18 bits per heavy atom. The van der Waals surface area contributed by atoms with Crippen LogP contribution in [0.15, 0.2) is 30.3 Å². The number of carbonyl (C=O) groups is 1. The Bertz CT molecular complexity index is 438. The molecule has 0 amide bonds. The minimum atomic E-state index is -0.0902. The van der Waals surface area contributed by atoms with Gasteiger partial charge in [0.2, 0.25) is 0 Å². The second-order valence-electron chi connectivity index (χ2n) is 6.68. The first-order valence-corrected chi connectivity index (χ1v) is 8.60. The van der Waals surface area contributed by atoms with E-state index in [2.05, 4.69) is 19.2 Å². The molecule has 1 aliphatic carbocycles. The first-order valence-electron chi connectivity index (χ1n) is 8.60. The average molecular weight is 303 g/mol. The first-order chi connectivity index (χ1) is 10.6. The van der Waals surface area contributed by atoms with Crippen molar-refractivity contribution in [2.75, 3.05) is 0 Å². The number of rotatable bonds is 7. The lowest BCUT2D eigenvalue weighted by molar-refractivity contribution is -0.146. The molecule has 3 heteroatoms. The summed E-state index contributed by atoms with van der Waals surface area (Å²) in [5.41, 5.74) is 1.04. The summed E-state index contributed by atoms with van der Waals surface area (Å²) in [5.74, 6) is 0.521. The second kappa shape index (κ2) is 8.94. The molecule has 0 aromatic heterocycles. The molecule has 1 aromatic rings. The maximum atomic E-state index is 12.2. The van der Waals surface area contributed by atoms with Gasteiger partial charge in [-0.1, -0.05) is 63.4 Å². The number of esters is 1. The highest BCUT2D eigenvalue weighted by atomic mass is 16.5. The smallest absolute Gasteiger partial charge is 0.307 e. The number of hydrogen-bond acceptors (Lipinski definition) is 3. The van der Waals surface area contributed by atoms with Gasteiger partial charge in [-0.25, -0.2) is 0 Å². The van der Waals surface area contributed by atoms with Crippen LogP contribution >= 0.6 is 0 Å². The normalized spacial score (nSPS) is 17.4. The van der Waals surface area contributed by atoms with Crippen LogP contribution in [0.4, 0.5) is 0 Å². The van der Waals surface area contributed by atoms with Crippen LogP contribution in [0, 0.1) is 5.92 Å². The lowest BCUT2D eigenvalue weighted by atomic mass is 9.82. The molecule has 1 N–H and O–H groups in total.